The number of aromatic nitrogens is 1. The van der Waals surface area contributed by atoms with Gasteiger partial charge in [-0.1, -0.05) is 6.07 Å². The van der Waals surface area contributed by atoms with Gasteiger partial charge in [0.05, 0.1) is 18.8 Å². The summed E-state index contributed by atoms with van der Waals surface area (Å²) in [6.07, 6.45) is 0. The van der Waals surface area contributed by atoms with Crippen LogP contribution >= 0.6 is 0 Å². The molecular formula is C11H13N3O5. The molecule has 4 N–H and O–H groups in total. The molecule has 0 saturated carbocycles. The molecule has 0 aliphatic heterocycles. The van der Waals surface area contributed by atoms with E-state index in [0.29, 0.717) is 5.69 Å². The van der Waals surface area contributed by atoms with E-state index in [1.807, 2.05) is 0 Å². The smallest absolute Gasteiger partial charge is 0.317 e. The molecule has 8 heteroatoms. The van der Waals surface area contributed by atoms with E-state index in [0.717, 1.165) is 0 Å². The van der Waals surface area contributed by atoms with Crippen LogP contribution in [0, 0.1) is 0 Å². The van der Waals surface area contributed by atoms with Crippen LogP contribution in [0.5, 0.6) is 0 Å². The Morgan fingerprint density at radius 2 is 1.74 bits per heavy atom. The summed E-state index contributed by atoms with van der Waals surface area (Å²) in [5.74, 6) is -3.00. The first-order chi connectivity index (χ1) is 8.88. The third-order valence-electron chi connectivity index (χ3n) is 2.16. The minimum absolute atomic E-state index is 0.000278. The van der Waals surface area contributed by atoms with Gasteiger partial charge < -0.3 is 15.9 Å². The Hall–Kier alpha value is -2.48. The monoisotopic (exact) mass is 267 g/mol. The zero-order chi connectivity index (χ0) is 14.4. The molecule has 19 heavy (non-hydrogen) atoms. The summed E-state index contributed by atoms with van der Waals surface area (Å²) in [6, 6.07) is 4.52. The van der Waals surface area contributed by atoms with Crippen molar-refractivity contribution in [3.05, 3.63) is 29.6 Å². The van der Waals surface area contributed by atoms with Crippen molar-refractivity contribution in [2.24, 2.45) is 5.73 Å². The van der Waals surface area contributed by atoms with Crippen LogP contribution in [0.15, 0.2) is 18.2 Å². The first-order valence-electron chi connectivity index (χ1n) is 5.30. The molecule has 0 aliphatic carbocycles. The zero-order valence-electron chi connectivity index (χ0n) is 9.94. The molecule has 1 heterocycles. The summed E-state index contributed by atoms with van der Waals surface area (Å²) in [4.78, 5) is 37.3. The van der Waals surface area contributed by atoms with Crippen LogP contribution in [-0.2, 0) is 16.1 Å². The third-order valence-corrected chi connectivity index (χ3v) is 2.16. The number of nitrogens with two attached hydrogens (primary N) is 1. The standard InChI is InChI=1S/C11H13N3O5/c12-11(19)8-3-1-2-7(13-8)4-14(5-9(15)16)6-10(17)18/h1-3H,4-6H2,(H2,12,19)(H,15,16)(H,17,18). The lowest BCUT2D eigenvalue weighted by Crippen LogP contribution is -2.34. The molecule has 1 amide bonds. The van der Waals surface area contributed by atoms with Crippen molar-refractivity contribution in [2.45, 2.75) is 6.54 Å². The van der Waals surface area contributed by atoms with E-state index in [2.05, 4.69) is 4.98 Å². The van der Waals surface area contributed by atoms with Crippen LogP contribution in [0.25, 0.3) is 0 Å². The quantitative estimate of drug-likeness (QED) is 0.585. The molecule has 0 unspecified atom stereocenters. The minimum Gasteiger partial charge on any atom is -0.480 e. The summed E-state index contributed by atoms with van der Waals surface area (Å²) in [5.41, 5.74) is 5.49. The first-order valence-corrected chi connectivity index (χ1v) is 5.30. The number of primary amides is 1. The Morgan fingerprint density at radius 3 is 2.21 bits per heavy atom. The summed E-state index contributed by atoms with van der Waals surface area (Å²) in [5, 5.41) is 17.4. The second kappa shape index (κ2) is 6.45. The van der Waals surface area contributed by atoms with E-state index < -0.39 is 30.9 Å². The fourth-order valence-corrected chi connectivity index (χ4v) is 1.48. The van der Waals surface area contributed by atoms with Crippen LogP contribution in [0.4, 0.5) is 0 Å². The predicted octanol–water partition coefficient (Wildman–Crippen LogP) is -0.848. The lowest BCUT2D eigenvalue weighted by Gasteiger charge is -2.17. The Labute approximate surface area is 108 Å². The number of carbonyl (C=O) groups excluding carboxylic acids is 1. The van der Waals surface area contributed by atoms with Gasteiger partial charge in [0.2, 0.25) is 0 Å². The lowest BCUT2D eigenvalue weighted by atomic mass is 10.2. The molecule has 0 radical (unpaired) electrons. The van der Waals surface area contributed by atoms with E-state index in [1.54, 1.807) is 12.1 Å². The maximum Gasteiger partial charge on any atom is 0.317 e. The number of carbonyl (C=O) groups is 3. The number of pyridine rings is 1. The number of rotatable bonds is 7. The highest BCUT2D eigenvalue weighted by atomic mass is 16.4. The summed E-state index contributed by atoms with van der Waals surface area (Å²) >= 11 is 0. The average molecular weight is 267 g/mol. The van der Waals surface area contributed by atoms with Gasteiger partial charge in [-0.25, -0.2) is 4.98 Å². The maximum atomic E-state index is 11.0. The van der Waals surface area contributed by atoms with Crippen molar-refractivity contribution >= 4 is 17.8 Å². The van der Waals surface area contributed by atoms with Gasteiger partial charge in [-0.05, 0) is 12.1 Å². The van der Waals surface area contributed by atoms with Crippen molar-refractivity contribution in [3.8, 4) is 0 Å². The third kappa shape index (κ3) is 5.13. The molecule has 1 rings (SSSR count). The molecule has 1 aromatic rings. The number of hydrogen-bond donors (Lipinski definition) is 3. The van der Waals surface area contributed by atoms with Crippen LogP contribution in [-0.4, -0.2) is 51.0 Å². The SMILES string of the molecule is NC(=O)c1cccc(CN(CC(=O)O)CC(=O)O)n1. The minimum atomic E-state index is -1.15. The zero-order valence-corrected chi connectivity index (χ0v) is 9.94. The van der Waals surface area contributed by atoms with Crippen LogP contribution < -0.4 is 5.73 Å². The van der Waals surface area contributed by atoms with E-state index in [4.69, 9.17) is 15.9 Å². The maximum absolute atomic E-state index is 11.0. The van der Waals surface area contributed by atoms with Gasteiger partial charge in [-0.3, -0.25) is 19.3 Å². The second-order valence-electron chi connectivity index (χ2n) is 3.81. The van der Waals surface area contributed by atoms with Gasteiger partial charge in [0.25, 0.3) is 5.91 Å². The Bertz CT molecular complexity index is 487. The Morgan fingerprint density at radius 1 is 1.16 bits per heavy atom. The Balaban J connectivity index is 2.82. The van der Waals surface area contributed by atoms with E-state index in [-0.39, 0.29) is 12.2 Å². The van der Waals surface area contributed by atoms with Gasteiger partial charge in [-0.2, -0.15) is 0 Å². The molecule has 8 nitrogen and oxygen atoms in total. The fourth-order valence-electron chi connectivity index (χ4n) is 1.48. The molecule has 0 aromatic carbocycles. The van der Waals surface area contributed by atoms with Crippen LogP contribution in [0.1, 0.15) is 16.2 Å². The molecule has 102 valence electrons. The number of hydrogen-bond acceptors (Lipinski definition) is 5. The number of carboxylic acids is 2. The number of aliphatic carboxylic acids is 2. The summed E-state index contributed by atoms with van der Waals surface area (Å²) in [6.45, 7) is -0.872. The van der Waals surface area contributed by atoms with Gasteiger partial charge in [0.15, 0.2) is 0 Å². The van der Waals surface area contributed by atoms with E-state index >= 15 is 0 Å². The topological polar surface area (TPSA) is 134 Å². The van der Waals surface area contributed by atoms with Gasteiger partial charge in [0, 0.05) is 6.54 Å². The largest absolute Gasteiger partial charge is 0.480 e. The van der Waals surface area contributed by atoms with Crippen LogP contribution in [0.2, 0.25) is 0 Å². The van der Waals surface area contributed by atoms with Crippen molar-refractivity contribution in [2.75, 3.05) is 13.1 Å². The number of amides is 1. The van der Waals surface area contributed by atoms with Gasteiger partial charge in [0.1, 0.15) is 5.69 Å². The summed E-state index contributed by atoms with van der Waals surface area (Å²) < 4.78 is 0. The Kier molecular flexibility index (Phi) is 4.95. The molecule has 0 atom stereocenters. The highest BCUT2D eigenvalue weighted by Crippen LogP contribution is 2.03. The molecule has 0 saturated heterocycles. The molecule has 0 aliphatic rings. The summed E-state index contributed by atoms with van der Waals surface area (Å²) in [7, 11) is 0. The van der Waals surface area contributed by atoms with Gasteiger partial charge in [-0.15, -0.1) is 0 Å². The number of carboxylic acid groups (broad SMARTS) is 2. The molecule has 0 fully saturated rings. The van der Waals surface area contributed by atoms with Crippen LogP contribution in [0.3, 0.4) is 0 Å². The van der Waals surface area contributed by atoms with Crippen molar-refractivity contribution < 1.29 is 24.6 Å². The van der Waals surface area contributed by atoms with E-state index in [1.165, 1.54) is 11.0 Å². The first kappa shape index (κ1) is 14.6. The number of nitrogens with zero attached hydrogens (tertiary/aromatic N) is 2. The molecular weight excluding hydrogens is 254 g/mol. The normalized spacial score (nSPS) is 10.4. The predicted molar refractivity (Wildman–Crippen MR) is 63.3 cm³/mol. The van der Waals surface area contributed by atoms with E-state index in [9.17, 15) is 14.4 Å². The molecule has 1 aromatic heterocycles. The van der Waals surface area contributed by atoms with Crippen molar-refractivity contribution in [1.29, 1.82) is 0 Å². The van der Waals surface area contributed by atoms with Gasteiger partial charge >= 0.3 is 11.9 Å². The van der Waals surface area contributed by atoms with Crippen molar-refractivity contribution in [3.63, 3.8) is 0 Å². The highest BCUT2D eigenvalue weighted by molar-refractivity contribution is 5.90. The highest BCUT2D eigenvalue weighted by Gasteiger charge is 2.15. The molecule has 0 spiro atoms. The van der Waals surface area contributed by atoms with Crippen molar-refractivity contribution in [1.82, 2.24) is 9.88 Å². The fraction of sp³-hybridized carbons (Fsp3) is 0.273. The average Bonchev–Trinajstić information content (AvgIpc) is 2.27. The lowest BCUT2D eigenvalue weighted by molar-refractivity contribution is -0.142. The second-order valence-corrected chi connectivity index (χ2v) is 3.81. The molecule has 0 bridgehead atoms.